The second kappa shape index (κ2) is 4.70. The third-order valence-corrected chi connectivity index (χ3v) is 1.45. The summed E-state index contributed by atoms with van der Waals surface area (Å²) in [5.74, 6) is 0. The Labute approximate surface area is 69.2 Å². The lowest BCUT2D eigenvalue weighted by atomic mass is 10.2. The van der Waals surface area contributed by atoms with Gasteiger partial charge in [-0.2, -0.15) is 8.42 Å². The first-order valence-electron chi connectivity index (χ1n) is 2.95. The topological polar surface area (TPSA) is 124 Å². The lowest BCUT2D eigenvalue weighted by molar-refractivity contribution is -0.0344. The minimum absolute atomic E-state index is 0.726. The van der Waals surface area contributed by atoms with E-state index in [-0.39, 0.29) is 0 Å². The van der Waals surface area contributed by atoms with Gasteiger partial charge in [0.25, 0.3) is 0 Å². The molecule has 0 bridgehead atoms. The van der Waals surface area contributed by atoms with Crippen LogP contribution in [0, 0.1) is 0 Å². The Bertz CT molecular complexity index is 209. The van der Waals surface area contributed by atoms with Gasteiger partial charge in [0.1, 0.15) is 12.2 Å². The van der Waals surface area contributed by atoms with Crippen LogP contribution >= 0.6 is 0 Å². The van der Waals surface area contributed by atoms with Crippen molar-refractivity contribution in [2.75, 3.05) is 13.2 Å². The predicted molar refractivity (Wildman–Crippen MR) is 36.6 cm³/mol. The molecule has 74 valence electrons. The Morgan fingerprint density at radius 2 is 1.75 bits per heavy atom. The third kappa shape index (κ3) is 5.41. The summed E-state index contributed by atoms with van der Waals surface area (Å²) in [5.41, 5.74) is 0. The van der Waals surface area contributed by atoms with Gasteiger partial charge in [-0.1, -0.05) is 0 Å². The van der Waals surface area contributed by atoms with Crippen molar-refractivity contribution < 1.29 is 32.5 Å². The summed E-state index contributed by atoms with van der Waals surface area (Å²) in [5, 5.41) is 25.7. The predicted octanol–water partition coefficient (Wildman–Crippen LogP) is -2.48. The normalized spacial score (nSPS) is 17.3. The Morgan fingerprint density at radius 3 is 2.08 bits per heavy atom. The molecule has 0 aromatic carbocycles. The lowest BCUT2D eigenvalue weighted by Crippen LogP contribution is -2.34. The molecule has 0 aromatic rings. The molecule has 0 amide bonds. The molecule has 8 heteroatoms. The average molecular weight is 202 g/mol. The molecule has 0 saturated heterocycles. The molecule has 2 unspecified atom stereocenters. The Morgan fingerprint density at radius 1 is 1.25 bits per heavy atom. The van der Waals surface area contributed by atoms with Crippen LogP contribution in [-0.4, -0.2) is 53.7 Å². The molecule has 0 saturated carbocycles. The van der Waals surface area contributed by atoms with Crippen LogP contribution < -0.4 is 0 Å². The van der Waals surface area contributed by atoms with E-state index in [0.29, 0.717) is 0 Å². The van der Waals surface area contributed by atoms with Gasteiger partial charge in [0.15, 0.2) is 0 Å². The maximum atomic E-state index is 9.92. The first kappa shape index (κ1) is 11.8. The van der Waals surface area contributed by atoms with Gasteiger partial charge in [-0.25, -0.2) is 4.18 Å². The largest absolute Gasteiger partial charge is 0.397 e. The van der Waals surface area contributed by atoms with E-state index in [1.807, 2.05) is 0 Å². The molecule has 0 aliphatic rings. The van der Waals surface area contributed by atoms with Gasteiger partial charge in [-0.15, -0.1) is 0 Å². The maximum absolute atomic E-state index is 9.92. The maximum Gasteiger partial charge on any atom is 0.397 e. The minimum Gasteiger partial charge on any atom is -0.394 e. The molecule has 0 aromatic heterocycles. The number of hydrogen-bond donors (Lipinski definition) is 4. The fourth-order valence-electron chi connectivity index (χ4n) is 0.388. The first-order chi connectivity index (χ1) is 5.37. The van der Waals surface area contributed by atoms with Crippen molar-refractivity contribution in [2.45, 2.75) is 12.2 Å². The van der Waals surface area contributed by atoms with Crippen molar-refractivity contribution >= 4 is 10.4 Å². The summed E-state index contributed by atoms with van der Waals surface area (Å²) in [7, 11) is -4.61. The van der Waals surface area contributed by atoms with Gasteiger partial charge >= 0.3 is 10.4 Å². The summed E-state index contributed by atoms with van der Waals surface area (Å²) >= 11 is 0. The number of aliphatic hydroxyl groups is 3. The third-order valence-electron chi connectivity index (χ3n) is 1.02. The van der Waals surface area contributed by atoms with E-state index in [1.54, 1.807) is 0 Å². The highest BCUT2D eigenvalue weighted by molar-refractivity contribution is 7.80. The van der Waals surface area contributed by atoms with Gasteiger partial charge in [0, 0.05) is 0 Å². The molecule has 2 atom stereocenters. The van der Waals surface area contributed by atoms with Gasteiger partial charge in [-0.3, -0.25) is 4.55 Å². The zero-order valence-electron chi connectivity index (χ0n) is 5.99. The first-order valence-corrected chi connectivity index (χ1v) is 4.32. The zero-order chi connectivity index (χ0) is 9.78. The molecule has 0 aliphatic heterocycles. The quantitative estimate of drug-likeness (QED) is 0.364. The molecule has 7 nitrogen and oxygen atoms in total. The van der Waals surface area contributed by atoms with Crippen molar-refractivity contribution in [1.82, 2.24) is 0 Å². The van der Waals surface area contributed by atoms with Crippen LogP contribution in [-0.2, 0) is 14.6 Å². The van der Waals surface area contributed by atoms with Gasteiger partial charge in [-0.05, 0) is 0 Å². The van der Waals surface area contributed by atoms with Gasteiger partial charge < -0.3 is 15.3 Å². The summed E-state index contributed by atoms with van der Waals surface area (Å²) in [4.78, 5) is 0. The van der Waals surface area contributed by atoms with Crippen LogP contribution in [0.25, 0.3) is 0 Å². The summed E-state index contributed by atoms with van der Waals surface area (Å²) in [6, 6.07) is 0. The van der Waals surface area contributed by atoms with Crippen LogP contribution in [0.2, 0.25) is 0 Å². The molecule has 0 heterocycles. The van der Waals surface area contributed by atoms with E-state index < -0.39 is 35.8 Å². The minimum atomic E-state index is -4.61. The van der Waals surface area contributed by atoms with Crippen LogP contribution in [0.4, 0.5) is 0 Å². The molecule has 0 spiro atoms. The smallest absolute Gasteiger partial charge is 0.394 e. The van der Waals surface area contributed by atoms with Crippen LogP contribution in [0.5, 0.6) is 0 Å². The zero-order valence-corrected chi connectivity index (χ0v) is 6.81. The molecular weight excluding hydrogens is 192 g/mol. The van der Waals surface area contributed by atoms with E-state index in [9.17, 15) is 8.42 Å². The SMILES string of the molecule is O=S(=O)(O)OCC(O)C(O)CO. The monoisotopic (exact) mass is 202 g/mol. The highest BCUT2D eigenvalue weighted by atomic mass is 32.3. The lowest BCUT2D eigenvalue weighted by Gasteiger charge is -2.13. The van der Waals surface area contributed by atoms with Crippen LogP contribution in [0.15, 0.2) is 0 Å². The fourth-order valence-corrected chi connectivity index (χ4v) is 0.700. The van der Waals surface area contributed by atoms with Crippen molar-refractivity contribution in [2.24, 2.45) is 0 Å². The van der Waals surface area contributed by atoms with E-state index in [0.717, 1.165) is 0 Å². The van der Waals surface area contributed by atoms with E-state index in [4.69, 9.17) is 19.9 Å². The van der Waals surface area contributed by atoms with Crippen LogP contribution in [0.3, 0.4) is 0 Å². The second-order valence-corrected chi connectivity index (χ2v) is 3.12. The molecule has 0 fully saturated rings. The summed E-state index contributed by atoms with van der Waals surface area (Å²) in [6.07, 6.45) is -3.05. The van der Waals surface area contributed by atoms with E-state index in [1.165, 1.54) is 0 Å². The molecule has 0 rings (SSSR count). The molecule has 12 heavy (non-hydrogen) atoms. The average Bonchev–Trinajstić information content (AvgIpc) is 1.97. The Hall–Kier alpha value is -0.250. The highest BCUT2D eigenvalue weighted by Crippen LogP contribution is 1.96. The van der Waals surface area contributed by atoms with Crippen molar-refractivity contribution in [1.29, 1.82) is 0 Å². The summed E-state index contributed by atoms with van der Waals surface area (Å²) in [6.45, 7) is -1.53. The van der Waals surface area contributed by atoms with E-state index >= 15 is 0 Å². The molecule has 0 aliphatic carbocycles. The van der Waals surface area contributed by atoms with Crippen molar-refractivity contribution in [3.63, 3.8) is 0 Å². The van der Waals surface area contributed by atoms with E-state index in [2.05, 4.69) is 4.18 Å². The number of rotatable bonds is 5. The summed E-state index contributed by atoms with van der Waals surface area (Å²) < 4.78 is 31.6. The molecule has 4 N–H and O–H groups in total. The van der Waals surface area contributed by atoms with Gasteiger partial charge in [0.05, 0.1) is 13.2 Å². The van der Waals surface area contributed by atoms with Crippen molar-refractivity contribution in [3.05, 3.63) is 0 Å². The highest BCUT2D eigenvalue weighted by Gasteiger charge is 2.18. The Balaban J connectivity index is 3.79. The second-order valence-electron chi connectivity index (χ2n) is 2.03. The van der Waals surface area contributed by atoms with Crippen molar-refractivity contribution in [3.8, 4) is 0 Å². The fraction of sp³-hybridized carbons (Fsp3) is 1.00. The Kier molecular flexibility index (Phi) is 4.60. The number of aliphatic hydroxyl groups excluding tert-OH is 3. The molecule has 0 radical (unpaired) electrons. The van der Waals surface area contributed by atoms with Crippen LogP contribution in [0.1, 0.15) is 0 Å². The van der Waals surface area contributed by atoms with Gasteiger partial charge in [0.2, 0.25) is 0 Å². The molecular formula is C4H10O7S. The standard InChI is InChI=1S/C4H10O7S/c5-1-3(6)4(7)2-11-12(8,9)10/h3-7H,1-2H2,(H,8,9,10). The number of hydrogen-bond acceptors (Lipinski definition) is 6.